The van der Waals surface area contributed by atoms with E-state index in [1.54, 1.807) is 0 Å². The van der Waals surface area contributed by atoms with Gasteiger partial charge in [0.2, 0.25) is 0 Å². The lowest BCUT2D eigenvalue weighted by Crippen LogP contribution is -3.00. The lowest BCUT2D eigenvalue weighted by Gasteiger charge is -2.25. The molecule has 0 aliphatic carbocycles. The van der Waals surface area contributed by atoms with Gasteiger partial charge in [-0.3, -0.25) is 4.48 Å². The van der Waals surface area contributed by atoms with Gasteiger partial charge in [-0.05, 0) is 6.07 Å². The Morgan fingerprint density at radius 1 is 1.24 bits per heavy atom. The molecule has 0 saturated heterocycles. The molecule has 1 rings (SSSR count). The molecule has 5 heteroatoms. The molecule has 17 heavy (non-hydrogen) atoms. The normalized spacial score (nSPS) is 12.8. The van der Waals surface area contributed by atoms with Crippen molar-refractivity contribution in [3.8, 4) is 5.75 Å². The molecule has 0 aromatic heterocycles. The zero-order valence-electron chi connectivity index (χ0n) is 10.4. The first kappa shape index (κ1) is 16.4. The summed E-state index contributed by atoms with van der Waals surface area (Å²) < 4.78 is 6.13. The van der Waals surface area contributed by atoms with E-state index >= 15 is 0 Å². The van der Waals surface area contributed by atoms with Gasteiger partial charge in [-0.15, -0.1) is 0 Å². The van der Waals surface area contributed by atoms with E-state index in [0.29, 0.717) is 4.48 Å². The minimum atomic E-state index is -0.833. The number of aliphatic hydroxyl groups excluding tert-OH is 2. The summed E-state index contributed by atoms with van der Waals surface area (Å²) in [6, 6.07) is 7.69. The van der Waals surface area contributed by atoms with Gasteiger partial charge >= 0.3 is 0 Å². The topological polar surface area (TPSA) is 49.7 Å². The van der Waals surface area contributed by atoms with Crippen molar-refractivity contribution in [3.05, 3.63) is 24.3 Å². The number of hydrogen-bond acceptors (Lipinski definition) is 3. The van der Waals surface area contributed by atoms with Crippen LogP contribution in [0.15, 0.2) is 24.3 Å². The van der Waals surface area contributed by atoms with Gasteiger partial charge in [-0.25, -0.2) is 0 Å². The Labute approximate surface area is 113 Å². The molecule has 1 aromatic carbocycles. The molecule has 1 unspecified atom stereocenters. The first-order chi connectivity index (χ1) is 7.45. The van der Waals surface area contributed by atoms with E-state index in [-0.39, 0.29) is 30.2 Å². The lowest BCUT2D eigenvalue weighted by atomic mass is 10.2. The molecule has 0 bridgehead atoms. The summed E-state index contributed by atoms with van der Waals surface area (Å²) in [4.78, 5) is 0. The minimum absolute atomic E-state index is 0. The number of nitrogens with zero attached hydrogens (tertiary/aromatic N) is 1. The van der Waals surface area contributed by atoms with E-state index in [0.717, 1.165) is 11.4 Å². The number of aliphatic hydroxyl groups is 2. The molecular formula is C12H20BrNO3. The summed E-state index contributed by atoms with van der Waals surface area (Å²) >= 11 is 0. The van der Waals surface area contributed by atoms with E-state index in [2.05, 4.69) is 0 Å². The van der Waals surface area contributed by atoms with Crippen molar-refractivity contribution in [2.24, 2.45) is 0 Å². The second-order valence-corrected chi connectivity index (χ2v) is 4.63. The fraction of sp³-hybridized carbons (Fsp3) is 0.500. The molecule has 98 valence electrons. The van der Waals surface area contributed by atoms with Gasteiger partial charge in [0.15, 0.2) is 11.4 Å². The summed E-state index contributed by atoms with van der Waals surface area (Å²) in [6.45, 7) is -0.181. The molecule has 1 aromatic rings. The van der Waals surface area contributed by atoms with Gasteiger partial charge in [0, 0.05) is 6.07 Å². The van der Waals surface area contributed by atoms with Crippen LogP contribution >= 0.6 is 0 Å². The van der Waals surface area contributed by atoms with Crippen molar-refractivity contribution in [2.75, 3.05) is 34.4 Å². The quantitative estimate of drug-likeness (QED) is 0.598. The number of rotatable bonds is 5. The number of benzene rings is 1. The highest BCUT2D eigenvalue weighted by Gasteiger charge is 2.18. The molecule has 4 nitrogen and oxygen atoms in total. The zero-order chi connectivity index (χ0) is 12.2. The van der Waals surface area contributed by atoms with Gasteiger partial charge in [-0.1, -0.05) is 12.1 Å². The maximum atomic E-state index is 9.23. The second-order valence-electron chi connectivity index (χ2n) is 4.63. The first-order valence-corrected chi connectivity index (χ1v) is 5.28. The Hall–Kier alpha value is -0.620. The largest absolute Gasteiger partial charge is 1.00 e. The van der Waals surface area contributed by atoms with Gasteiger partial charge in [0.1, 0.15) is 12.7 Å². The molecule has 0 aliphatic rings. The molecule has 0 spiro atoms. The highest BCUT2D eigenvalue weighted by molar-refractivity contribution is 5.54. The highest BCUT2D eigenvalue weighted by Crippen LogP contribution is 2.29. The van der Waals surface area contributed by atoms with Gasteiger partial charge in [0.05, 0.1) is 27.7 Å². The van der Waals surface area contributed by atoms with Gasteiger partial charge in [-0.2, -0.15) is 0 Å². The molecule has 0 heterocycles. The maximum absolute atomic E-state index is 9.23. The van der Waals surface area contributed by atoms with E-state index in [1.165, 1.54) is 0 Å². The van der Waals surface area contributed by atoms with Crippen LogP contribution in [0.4, 0.5) is 5.69 Å². The van der Waals surface area contributed by atoms with Crippen molar-refractivity contribution < 1.29 is 31.9 Å². The van der Waals surface area contributed by atoms with Crippen LogP contribution in [-0.4, -0.2) is 50.7 Å². The van der Waals surface area contributed by atoms with Crippen LogP contribution in [0.3, 0.4) is 0 Å². The number of quaternary nitrogens is 1. The number of hydrogen-bond donors (Lipinski definition) is 2. The van der Waals surface area contributed by atoms with Crippen molar-refractivity contribution in [3.63, 3.8) is 0 Å². The van der Waals surface area contributed by atoms with Crippen LogP contribution in [0.25, 0.3) is 0 Å². The third kappa shape index (κ3) is 5.04. The summed E-state index contributed by atoms with van der Waals surface area (Å²) in [6.07, 6.45) is -0.833. The third-order valence-corrected chi connectivity index (χ3v) is 2.23. The van der Waals surface area contributed by atoms with E-state index in [9.17, 15) is 5.11 Å². The van der Waals surface area contributed by atoms with Crippen molar-refractivity contribution in [2.45, 2.75) is 6.10 Å². The first-order valence-electron chi connectivity index (χ1n) is 5.28. The van der Waals surface area contributed by atoms with Crippen molar-refractivity contribution >= 4 is 5.69 Å². The SMILES string of the molecule is C[N+](C)(C)c1ccccc1OCC(O)CO.[Br-]. The second kappa shape index (κ2) is 6.96. The summed E-state index contributed by atoms with van der Waals surface area (Å²) in [5, 5.41) is 17.9. The van der Waals surface area contributed by atoms with Crippen LogP contribution in [-0.2, 0) is 0 Å². The lowest BCUT2D eigenvalue weighted by molar-refractivity contribution is -0.00000561. The standard InChI is InChI=1S/C12H20NO3.BrH/c1-13(2,3)11-6-4-5-7-12(11)16-9-10(15)8-14;/h4-7,10,14-15H,8-9H2,1-3H3;1H/q+1;/p-1. The predicted molar refractivity (Wildman–Crippen MR) is 64.6 cm³/mol. The highest BCUT2D eigenvalue weighted by atomic mass is 79.9. The average molecular weight is 306 g/mol. The molecule has 0 aliphatic heterocycles. The van der Waals surface area contributed by atoms with E-state index in [4.69, 9.17) is 9.84 Å². The summed E-state index contributed by atoms with van der Waals surface area (Å²) in [7, 11) is 6.14. The van der Waals surface area contributed by atoms with Crippen LogP contribution in [0.1, 0.15) is 0 Å². The number of ether oxygens (including phenoxy) is 1. The monoisotopic (exact) mass is 305 g/mol. The molecular weight excluding hydrogens is 286 g/mol. The zero-order valence-corrected chi connectivity index (χ0v) is 12.0. The molecule has 0 saturated carbocycles. The Bertz CT molecular complexity index is 339. The molecule has 1 atom stereocenters. The maximum Gasteiger partial charge on any atom is 0.180 e. The van der Waals surface area contributed by atoms with Gasteiger partial charge in [0.25, 0.3) is 0 Å². The van der Waals surface area contributed by atoms with Crippen LogP contribution in [0, 0.1) is 0 Å². The molecule has 0 radical (unpaired) electrons. The third-order valence-electron chi connectivity index (χ3n) is 2.23. The van der Waals surface area contributed by atoms with Crippen LogP contribution < -0.4 is 26.2 Å². The van der Waals surface area contributed by atoms with Crippen LogP contribution in [0.5, 0.6) is 5.75 Å². The average Bonchev–Trinajstić information content (AvgIpc) is 2.25. The number of halogens is 1. The van der Waals surface area contributed by atoms with Crippen molar-refractivity contribution in [1.82, 2.24) is 4.48 Å². The van der Waals surface area contributed by atoms with E-state index < -0.39 is 6.10 Å². The summed E-state index contributed by atoms with van der Waals surface area (Å²) in [5.41, 5.74) is 1.03. The Morgan fingerprint density at radius 2 is 1.82 bits per heavy atom. The number of para-hydroxylation sites is 2. The van der Waals surface area contributed by atoms with Gasteiger partial charge < -0.3 is 31.9 Å². The summed E-state index contributed by atoms with van der Waals surface area (Å²) in [5.74, 6) is 0.738. The predicted octanol–water partition coefficient (Wildman–Crippen LogP) is -2.38. The van der Waals surface area contributed by atoms with Crippen LogP contribution in [0.2, 0.25) is 0 Å². The van der Waals surface area contributed by atoms with Crippen molar-refractivity contribution in [1.29, 1.82) is 0 Å². The van der Waals surface area contributed by atoms with E-state index in [1.807, 2.05) is 45.4 Å². The fourth-order valence-corrected chi connectivity index (χ4v) is 1.37. The fourth-order valence-electron chi connectivity index (χ4n) is 1.37. The Morgan fingerprint density at radius 3 is 2.35 bits per heavy atom. The molecule has 2 N–H and O–H groups in total. The smallest absolute Gasteiger partial charge is 0.180 e. The minimum Gasteiger partial charge on any atom is -1.00 e. The molecule has 0 fully saturated rings. The Kier molecular flexibility index (Phi) is 6.70. The Balaban J connectivity index is 0.00000256. The molecule has 0 amide bonds.